The maximum Gasteiger partial charge on any atom is 0.122 e. The Bertz CT molecular complexity index is 671. The molecule has 0 saturated heterocycles. The van der Waals surface area contributed by atoms with Crippen LogP contribution in [0.15, 0.2) is 60.2 Å². The van der Waals surface area contributed by atoms with E-state index in [0.717, 1.165) is 17.9 Å². The number of allylic oxidation sites excluding steroid dienone is 2. The molecule has 1 aromatic carbocycles. The van der Waals surface area contributed by atoms with Gasteiger partial charge in [0.15, 0.2) is 0 Å². The first kappa shape index (κ1) is 13.5. The number of ether oxygens (including phenoxy) is 1. The van der Waals surface area contributed by atoms with Gasteiger partial charge in [0, 0.05) is 12.5 Å². The number of aryl methyl sites for hydroxylation is 1. The molecule has 4 heteroatoms. The molecule has 1 heterocycles. The van der Waals surface area contributed by atoms with Crippen LogP contribution in [0.1, 0.15) is 12.1 Å². The normalized spacial score (nSPS) is 17.6. The summed E-state index contributed by atoms with van der Waals surface area (Å²) in [6, 6.07) is 11.8. The van der Waals surface area contributed by atoms with Gasteiger partial charge in [0.2, 0.25) is 0 Å². The van der Waals surface area contributed by atoms with E-state index in [1.165, 1.54) is 5.57 Å². The van der Waals surface area contributed by atoms with Gasteiger partial charge in [0.1, 0.15) is 17.7 Å². The number of benzene rings is 1. The smallest absolute Gasteiger partial charge is 0.122 e. The highest BCUT2D eigenvalue weighted by Gasteiger charge is 2.11. The number of para-hydroxylation sites is 1. The lowest BCUT2D eigenvalue weighted by Gasteiger charge is -2.18. The van der Waals surface area contributed by atoms with Crippen molar-refractivity contribution in [2.75, 3.05) is 5.73 Å². The molecule has 1 aliphatic rings. The molecule has 0 amide bonds. The predicted molar refractivity (Wildman–Crippen MR) is 84.1 cm³/mol. The molecule has 0 bridgehead atoms. The Morgan fingerprint density at radius 3 is 2.76 bits per heavy atom. The SMILES string of the molecule is Cc1cc(N)n(CC2=CCC(Oc3ccccc3)C=C2)n1. The van der Waals surface area contributed by atoms with Crippen molar-refractivity contribution in [3.05, 3.63) is 65.9 Å². The maximum absolute atomic E-state index is 5.91. The highest BCUT2D eigenvalue weighted by molar-refractivity contribution is 5.33. The number of rotatable bonds is 4. The zero-order valence-corrected chi connectivity index (χ0v) is 12.1. The molecule has 21 heavy (non-hydrogen) atoms. The Labute approximate surface area is 124 Å². The first-order valence-corrected chi connectivity index (χ1v) is 7.09. The van der Waals surface area contributed by atoms with Crippen molar-refractivity contribution in [1.82, 2.24) is 9.78 Å². The molecule has 3 rings (SSSR count). The number of anilines is 1. The van der Waals surface area contributed by atoms with Gasteiger partial charge in [-0.05, 0) is 30.7 Å². The van der Waals surface area contributed by atoms with Gasteiger partial charge in [0.05, 0.1) is 12.2 Å². The van der Waals surface area contributed by atoms with Crippen LogP contribution in [0, 0.1) is 6.92 Å². The van der Waals surface area contributed by atoms with Crippen molar-refractivity contribution in [3.8, 4) is 5.75 Å². The minimum absolute atomic E-state index is 0.0906. The molecular formula is C17H19N3O. The predicted octanol–water partition coefficient (Wildman–Crippen LogP) is 3.11. The van der Waals surface area contributed by atoms with E-state index in [2.05, 4.69) is 23.3 Å². The molecule has 1 aliphatic carbocycles. The molecule has 1 unspecified atom stereocenters. The second-order valence-corrected chi connectivity index (χ2v) is 5.21. The fraction of sp³-hybridized carbons (Fsp3) is 0.235. The lowest BCUT2D eigenvalue weighted by molar-refractivity contribution is 0.251. The minimum atomic E-state index is 0.0906. The molecular weight excluding hydrogens is 262 g/mol. The van der Waals surface area contributed by atoms with Gasteiger partial charge in [-0.2, -0.15) is 5.10 Å². The van der Waals surface area contributed by atoms with Crippen LogP contribution in [0.2, 0.25) is 0 Å². The van der Waals surface area contributed by atoms with E-state index in [1.54, 1.807) is 0 Å². The van der Waals surface area contributed by atoms with E-state index in [0.29, 0.717) is 12.4 Å². The summed E-state index contributed by atoms with van der Waals surface area (Å²) in [5.74, 6) is 1.60. The molecule has 0 spiro atoms. The fourth-order valence-electron chi connectivity index (χ4n) is 2.39. The van der Waals surface area contributed by atoms with Crippen LogP contribution >= 0.6 is 0 Å². The lowest BCUT2D eigenvalue weighted by Crippen LogP contribution is -2.16. The number of aromatic nitrogens is 2. The van der Waals surface area contributed by atoms with Crippen molar-refractivity contribution in [3.63, 3.8) is 0 Å². The van der Waals surface area contributed by atoms with Crippen LogP contribution in [-0.4, -0.2) is 15.9 Å². The van der Waals surface area contributed by atoms with E-state index in [9.17, 15) is 0 Å². The van der Waals surface area contributed by atoms with Gasteiger partial charge >= 0.3 is 0 Å². The van der Waals surface area contributed by atoms with Crippen molar-refractivity contribution < 1.29 is 4.74 Å². The minimum Gasteiger partial charge on any atom is -0.486 e. The number of hydrogen-bond donors (Lipinski definition) is 1. The Morgan fingerprint density at radius 1 is 1.33 bits per heavy atom. The first-order valence-electron chi connectivity index (χ1n) is 7.09. The molecule has 1 atom stereocenters. The van der Waals surface area contributed by atoms with E-state index in [1.807, 2.05) is 48.0 Å². The zero-order chi connectivity index (χ0) is 14.7. The Hall–Kier alpha value is -2.49. The highest BCUT2D eigenvalue weighted by atomic mass is 16.5. The molecule has 2 N–H and O–H groups in total. The molecule has 108 valence electrons. The average molecular weight is 281 g/mol. The summed E-state index contributed by atoms with van der Waals surface area (Å²) < 4.78 is 7.73. The van der Waals surface area contributed by atoms with Crippen LogP contribution < -0.4 is 10.5 Å². The second kappa shape index (κ2) is 5.87. The Kier molecular flexibility index (Phi) is 3.77. The third-order valence-corrected chi connectivity index (χ3v) is 3.43. The zero-order valence-electron chi connectivity index (χ0n) is 12.1. The fourth-order valence-corrected chi connectivity index (χ4v) is 2.39. The molecule has 0 aliphatic heterocycles. The van der Waals surface area contributed by atoms with Crippen LogP contribution in [0.5, 0.6) is 5.75 Å². The summed E-state index contributed by atoms with van der Waals surface area (Å²) in [6.07, 6.45) is 7.32. The summed E-state index contributed by atoms with van der Waals surface area (Å²) in [7, 11) is 0. The molecule has 0 radical (unpaired) electrons. The standard InChI is InChI=1S/C17H19N3O/c1-13-11-17(18)20(19-13)12-14-7-9-16(10-8-14)21-15-5-3-2-4-6-15/h2-9,11,16H,10,12,18H2,1H3. The summed E-state index contributed by atoms with van der Waals surface area (Å²) >= 11 is 0. The van der Waals surface area contributed by atoms with Gasteiger partial charge in [-0.15, -0.1) is 0 Å². The summed E-state index contributed by atoms with van der Waals surface area (Å²) in [5.41, 5.74) is 8.06. The van der Waals surface area contributed by atoms with E-state index >= 15 is 0 Å². The highest BCUT2D eigenvalue weighted by Crippen LogP contribution is 2.19. The van der Waals surface area contributed by atoms with Gasteiger partial charge < -0.3 is 10.5 Å². The summed E-state index contributed by atoms with van der Waals surface area (Å²) in [5, 5.41) is 4.38. The van der Waals surface area contributed by atoms with Crippen LogP contribution in [0.3, 0.4) is 0 Å². The van der Waals surface area contributed by atoms with Gasteiger partial charge in [-0.1, -0.05) is 30.4 Å². The van der Waals surface area contributed by atoms with Crippen molar-refractivity contribution in [1.29, 1.82) is 0 Å². The summed E-state index contributed by atoms with van der Waals surface area (Å²) in [4.78, 5) is 0. The average Bonchev–Trinajstić information content (AvgIpc) is 2.80. The first-order chi connectivity index (χ1) is 10.2. The van der Waals surface area contributed by atoms with Crippen LogP contribution in [0.25, 0.3) is 0 Å². The quantitative estimate of drug-likeness (QED) is 0.937. The van der Waals surface area contributed by atoms with E-state index in [4.69, 9.17) is 10.5 Å². The number of nitrogen functional groups attached to an aromatic ring is 1. The largest absolute Gasteiger partial charge is 0.486 e. The monoisotopic (exact) mass is 281 g/mol. The van der Waals surface area contributed by atoms with Crippen LogP contribution in [-0.2, 0) is 6.54 Å². The molecule has 4 nitrogen and oxygen atoms in total. The third kappa shape index (κ3) is 3.34. The van der Waals surface area contributed by atoms with Crippen molar-refractivity contribution >= 4 is 5.82 Å². The third-order valence-electron chi connectivity index (χ3n) is 3.43. The van der Waals surface area contributed by atoms with E-state index in [-0.39, 0.29) is 6.10 Å². The Morgan fingerprint density at radius 2 is 2.14 bits per heavy atom. The summed E-state index contributed by atoms with van der Waals surface area (Å²) in [6.45, 7) is 2.65. The second-order valence-electron chi connectivity index (χ2n) is 5.21. The number of nitrogens with zero attached hydrogens (tertiary/aromatic N) is 2. The molecule has 2 aromatic rings. The lowest BCUT2D eigenvalue weighted by atomic mass is 10.0. The topological polar surface area (TPSA) is 53.1 Å². The molecule has 0 saturated carbocycles. The van der Waals surface area contributed by atoms with Gasteiger partial charge in [-0.3, -0.25) is 0 Å². The van der Waals surface area contributed by atoms with Crippen molar-refractivity contribution in [2.24, 2.45) is 0 Å². The Balaban J connectivity index is 1.60. The van der Waals surface area contributed by atoms with Gasteiger partial charge in [0.25, 0.3) is 0 Å². The van der Waals surface area contributed by atoms with Gasteiger partial charge in [-0.25, -0.2) is 4.68 Å². The molecule has 1 aromatic heterocycles. The number of nitrogens with two attached hydrogens (primary N) is 1. The molecule has 0 fully saturated rings. The van der Waals surface area contributed by atoms with E-state index < -0.39 is 0 Å². The van der Waals surface area contributed by atoms with Crippen molar-refractivity contribution in [2.45, 2.75) is 26.0 Å². The maximum atomic E-state index is 5.91. The van der Waals surface area contributed by atoms with Crippen LogP contribution in [0.4, 0.5) is 5.82 Å². The number of hydrogen-bond acceptors (Lipinski definition) is 3.